The summed E-state index contributed by atoms with van der Waals surface area (Å²) >= 11 is 0. The van der Waals surface area contributed by atoms with Gasteiger partial charge in [0, 0.05) is 44.2 Å². The smallest absolute Gasteiger partial charge is 0.314 e. The van der Waals surface area contributed by atoms with Gasteiger partial charge in [-0.1, -0.05) is 32.9 Å². The van der Waals surface area contributed by atoms with Gasteiger partial charge in [0.25, 0.3) is 0 Å². The summed E-state index contributed by atoms with van der Waals surface area (Å²) in [5.41, 5.74) is 0.682. The van der Waals surface area contributed by atoms with Crippen LogP contribution in [-0.4, -0.2) is 45.0 Å². The molecule has 2 amide bonds. The van der Waals surface area contributed by atoms with Crippen molar-refractivity contribution in [1.82, 2.24) is 10.6 Å². The quantitative estimate of drug-likeness (QED) is 0.777. The first-order valence-corrected chi connectivity index (χ1v) is 10.8. The van der Waals surface area contributed by atoms with Gasteiger partial charge in [-0.25, -0.2) is 9.18 Å². The van der Waals surface area contributed by atoms with Crippen LogP contribution in [0.3, 0.4) is 0 Å². The lowest BCUT2D eigenvalue weighted by Gasteiger charge is -2.40. The number of nitrogens with one attached hydrogen (secondary N) is 2. The molecule has 2 fully saturated rings. The van der Waals surface area contributed by atoms with E-state index in [9.17, 15) is 9.18 Å². The van der Waals surface area contributed by atoms with Crippen molar-refractivity contribution >= 4 is 6.03 Å². The van der Waals surface area contributed by atoms with Crippen molar-refractivity contribution in [1.29, 1.82) is 0 Å². The number of rotatable bonds is 5. The minimum Gasteiger partial charge on any atom is -0.381 e. The standard InChI is InChI=1S/C23H35FN2O3/c1-22(2,3)20-17(6-5-11-29-20)15-25-21(27)26-16-23(9-12-28-13-10-23)18-7-4-8-19(24)14-18/h4,7-8,14,17,20H,5-6,9-13,15-16H2,1-3H3,(H2,25,26,27). The van der Waals surface area contributed by atoms with Gasteiger partial charge in [-0.15, -0.1) is 0 Å². The first-order chi connectivity index (χ1) is 13.8. The number of amides is 2. The Balaban J connectivity index is 1.58. The maximum atomic E-state index is 13.8. The highest BCUT2D eigenvalue weighted by atomic mass is 19.1. The van der Waals surface area contributed by atoms with E-state index in [-0.39, 0.29) is 28.8 Å². The van der Waals surface area contributed by atoms with Crippen molar-refractivity contribution in [3.05, 3.63) is 35.6 Å². The number of ether oxygens (including phenoxy) is 2. The fraction of sp³-hybridized carbons (Fsp3) is 0.696. The van der Waals surface area contributed by atoms with E-state index in [0.29, 0.717) is 32.2 Å². The van der Waals surface area contributed by atoms with Crippen molar-refractivity contribution in [2.24, 2.45) is 11.3 Å². The minimum absolute atomic E-state index is 0.0484. The molecule has 29 heavy (non-hydrogen) atoms. The monoisotopic (exact) mass is 406 g/mol. The van der Waals surface area contributed by atoms with Gasteiger partial charge < -0.3 is 20.1 Å². The van der Waals surface area contributed by atoms with Gasteiger partial charge in [0.05, 0.1) is 6.10 Å². The van der Waals surface area contributed by atoms with E-state index >= 15 is 0 Å². The highest BCUT2D eigenvalue weighted by Crippen LogP contribution is 2.35. The summed E-state index contributed by atoms with van der Waals surface area (Å²) in [5.74, 6) is 0.0677. The van der Waals surface area contributed by atoms with E-state index in [0.717, 1.165) is 37.9 Å². The normalized spacial score (nSPS) is 24.7. The molecule has 2 heterocycles. The van der Waals surface area contributed by atoms with E-state index < -0.39 is 0 Å². The molecule has 2 unspecified atom stereocenters. The first-order valence-electron chi connectivity index (χ1n) is 10.8. The maximum absolute atomic E-state index is 13.8. The van der Waals surface area contributed by atoms with Crippen molar-refractivity contribution in [3.63, 3.8) is 0 Å². The van der Waals surface area contributed by atoms with Gasteiger partial charge in [0.1, 0.15) is 5.82 Å². The third kappa shape index (κ3) is 5.70. The second kappa shape index (κ2) is 9.43. The molecular weight excluding hydrogens is 371 g/mol. The molecule has 2 atom stereocenters. The Morgan fingerprint density at radius 3 is 2.66 bits per heavy atom. The van der Waals surface area contributed by atoms with Crippen molar-refractivity contribution in [2.75, 3.05) is 32.9 Å². The Bertz CT molecular complexity index is 683. The van der Waals surface area contributed by atoms with E-state index in [2.05, 4.69) is 31.4 Å². The van der Waals surface area contributed by atoms with E-state index in [1.54, 1.807) is 12.1 Å². The summed E-state index contributed by atoms with van der Waals surface area (Å²) in [6.07, 6.45) is 3.76. The lowest BCUT2D eigenvalue weighted by atomic mass is 9.74. The van der Waals surface area contributed by atoms with E-state index in [1.165, 1.54) is 6.07 Å². The molecule has 1 aromatic carbocycles. The Kier molecular flexibility index (Phi) is 7.17. The molecule has 1 aromatic rings. The summed E-state index contributed by atoms with van der Waals surface area (Å²) in [5, 5.41) is 6.07. The highest BCUT2D eigenvalue weighted by Gasteiger charge is 2.37. The predicted octanol–water partition coefficient (Wildman–Crippen LogP) is 4.01. The van der Waals surface area contributed by atoms with Crippen LogP contribution in [0.25, 0.3) is 0 Å². The van der Waals surface area contributed by atoms with Crippen LogP contribution in [0.1, 0.15) is 52.0 Å². The third-order valence-corrected chi connectivity index (χ3v) is 6.30. The summed E-state index contributed by atoms with van der Waals surface area (Å²) in [6, 6.07) is 6.54. The SMILES string of the molecule is CC(C)(C)C1OCCCC1CNC(=O)NCC1(c2cccc(F)c2)CCOCC1. The van der Waals surface area contributed by atoms with Gasteiger partial charge in [-0.05, 0) is 48.8 Å². The average Bonchev–Trinajstić information content (AvgIpc) is 2.71. The zero-order valence-corrected chi connectivity index (χ0v) is 17.9. The van der Waals surface area contributed by atoms with Gasteiger partial charge in [-0.3, -0.25) is 0 Å². The van der Waals surface area contributed by atoms with Crippen molar-refractivity contribution in [3.8, 4) is 0 Å². The van der Waals surface area contributed by atoms with Crippen LogP contribution in [0, 0.1) is 17.2 Å². The maximum Gasteiger partial charge on any atom is 0.314 e. The first kappa shape index (κ1) is 22.0. The molecule has 3 rings (SSSR count). The fourth-order valence-corrected chi connectivity index (χ4v) is 4.69. The highest BCUT2D eigenvalue weighted by molar-refractivity contribution is 5.74. The second-order valence-corrected chi connectivity index (χ2v) is 9.53. The number of carbonyl (C=O) groups excluding carboxylic acids is 1. The predicted molar refractivity (Wildman–Crippen MR) is 111 cm³/mol. The molecule has 2 N–H and O–H groups in total. The van der Waals surface area contributed by atoms with E-state index in [4.69, 9.17) is 9.47 Å². The largest absolute Gasteiger partial charge is 0.381 e. The zero-order chi connectivity index (χ0) is 20.9. The van der Waals surface area contributed by atoms with E-state index in [1.807, 2.05) is 6.07 Å². The summed E-state index contributed by atoms with van der Waals surface area (Å²) < 4.78 is 25.3. The van der Waals surface area contributed by atoms with Crippen LogP contribution < -0.4 is 10.6 Å². The molecule has 162 valence electrons. The summed E-state index contributed by atoms with van der Waals surface area (Å²) in [7, 11) is 0. The molecule has 0 aliphatic carbocycles. The summed E-state index contributed by atoms with van der Waals surface area (Å²) in [4.78, 5) is 12.6. The topological polar surface area (TPSA) is 59.6 Å². The molecule has 6 heteroatoms. The van der Waals surface area contributed by atoms with Gasteiger partial charge >= 0.3 is 6.03 Å². The van der Waals surface area contributed by atoms with Crippen LogP contribution in [0.5, 0.6) is 0 Å². The van der Waals surface area contributed by atoms with Crippen LogP contribution in [0.2, 0.25) is 0 Å². The minimum atomic E-state index is -0.292. The van der Waals surface area contributed by atoms with Crippen LogP contribution in [-0.2, 0) is 14.9 Å². The Morgan fingerprint density at radius 1 is 1.21 bits per heavy atom. The van der Waals surface area contributed by atoms with Gasteiger partial charge in [0.2, 0.25) is 0 Å². The molecule has 0 spiro atoms. The molecule has 0 bridgehead atoms. The van der Waals surface area contributed by atoms with Crippen LogP contribution >= 0.6 is 0 Å². The lowest BCUT2D eigenvalue weighted by Crippen LogP contribution is -2.50. The number of hydrogen-bond acceptors (Lipinski definition) is 3. The molecule has 2 saturated heterocycles. The number of urea groups is 1. The molecule has 5 nitrogen and oxygen atoms in total. The number of halogens is 1. The van der Waals surface area contributed by atoms with Crippen molar-refractivity contribution < 1.29 is 18.7 Å². The number of hydrogen-bond donors (Lipinski definition) is 2. The zero-order valence-electron chi connectivity index (χ0n) is 17.9. The third-order valence-electron chi connectivity index (χ3n) is 6.30. The van der Waals surface area contributed by atoms with Crippen LogP contribution in [0.4, 0.5) is 9.18 Å². The van der Waals surface area contributed by atoms with Gasteiger partial charge in [-0.2, -0.15) is 0 Å². The molecule has 2 aliphatic heterocycles. The van der Waals surface area contributed by atoms with Crippen LogP contribution in [0.15, 0.2) is 24.3 Å². The molecule has 0 radical (unpaired) electrons. The molecule has 0 aromatic heterocycles. The Labute approximate surface area is 173 Å². The second-order valence-electron chi connectivity index (χ2n) is 9.53. The van der Waals surface area contributed by atoms with Crippen molar-refractivity contribution in [2.45, 2.75) is 58.0 Å². The molecule has 2 aliphatic rings. The summed E-state index contributed by atoms with van der Waals surface area (Å²) in [6.45, 7) is 9.65. The number of carbonyl (C=O) groups is 1. The lowest BCUT2D eigenvalue weighted by molar-refractivity contribution is -0.0838. The average molecular weight is 407 g/mol. The molecule has 0 saturated carbocycles. The molecular formula is C23H35FN2O3. The Morgan fingerprint density at radius 2 is 1.97 bits per heavy atom. The Hall–Kier alpha value is -1.66. The number of benzene rings is 1. The van der Waals surface area contributed by atoms with Gasteiger partial charge in [0.15, 0.2) is 0 Å². The fourth-order valence-electron chi connectivity index (χ4n) is 4.69.